The second-order valence-corrected chi connectivity index (χ2v) is 8.06. The van der Waals surface area contributed by atoms with E-state index >= 15 is 0 Å². The first-order valence-electron chi connectivity index (χ1n) is 10.7. The minimum absolute atomic E-state index is 0.132. The summed E-state index contributed by atoms with van der Waals surface area (Å²) < 4.78 is 70.9. The van der Waals surface area contributed by atoms with Crippen LogP contribution in [0.25, 0.3) is 0 Å². The third-order valence-electron chi connectivity index (χ3n) is 5.91. The molecule has 3 unspecified atom stereocenters. The molecule has 0 aromatic heterocycles. The Kier molecular flexibility index (Phi) is 7.04. The maximum absolute atomic E-state index is 13.9. The number of hydrogen-bond acceptors (Lipinski definition) is 6. The normalized spacial score (nSPS) is 20.0. The first kappa shape index (κ1) is 24.6. The van der Waals surface area contributed by atoms with E-state index in [0.29, 0.717) is 22.8 Å². The van der Waals surface area contributed by atoms with Crippen molar-refractivity contribution >= 4 is 0 Å². The van der Waals surface area contributed by atoms with Crippen LogP contribution in [0.15, 0.2) is 60.7 Å². The molecule has 10 heteroatoms. The van der Waals surface area contributed by atoms with Crippen molar-refractivity contribution in [2.45, 2.75) is 30.8 Å². The number of nitrogens with one attached hydrogen (secondary N) is 2. The molecule has 1 fully saturated rings. The lowest BCUT2D eigenvalue weighted by Gasteiger charge is -2.26. The van der Waals surface area contributed by atoms with E-state index in [4.69, 9.17) is 14.2 Å². The molecule has 6 nitrogen and oxygen atoms in total. The summed E-state index contributed by atoms with van der Waals surface area (Å²) in [6.45, 7) is 0.132. The van der Waals surface area contributed by atoms with Crippen LogP contribution in [0.5, 0.6) is 23.0 Å². The number of aromatic hydroxyl groups is 1. The molecule has 0 radical (unpaired) electrons. The largest absolute Gasteiger partial charge is 0.507 e. The molecule has 3 aromatic carbocycles. The average molecular weight is 492 g/mol. The summed E-state index contributed by atoms with van der Waals surface area (Å²) in [5.41, 5.74) is 6.36. The van der Waals surface area contributed by atoms with Crippen LogP contribution >= 0.6 is 0 Å². The van der Waals surface area contributed by atoms with Crippen molar-refractivity contribution in [3.8, 4) is 23.0 Å². The smallest absolute Gasteiger partial charge is 0.405 e. The van der Waals surface area contributed by atoms with Crippen LogP contribution in [-0.2, 0) is 6.61 Å². The van der Waals surface area contributed by atoms with Crippen LogP contribution in [0.2, 0.25) is 0 Å². The number of phenols is 1. The number of phenolic OH excluding ortho intramolecular Hbond substituents is 1. The van der Waals surface area contributed by atoms with E-state index in [0.717, 1.165) is 5.56 Å². The molecule has 3 aromatic rings. The number of hydrogen-bond donors (Lipinski definition) is 3. The topological polar surface area (TPSA) is 72.0 Å². The number of methoxy groups -OCH3 is 2. The van der Waals surface area contributed by atoms with Crippen LogP contribution < -0.4 is 25.1 Å². The van der Waals surface area contributed by atoms with Gasteiger partial charge in [-0.3, -0.25) is 0 Å². The Morgan fingerprint density at radius 2 is 1.60 bits per heavy atom. The summed E-state index contributed by atoms with van der Waals surface area (Å²) in [5, 5.41) is 10.7. The Morgan fingerprint density at radius 1 is 0.886 bits per heavy atom. The van der Waals surface area contributed by atoms with E-state index in [-0.39, 0.29) is 23.7 Å². The van der Waals surface area contributed by atoms with Gasteiger partial charge >= 0.3 is 6.18 Å². The van der Waals surface area contributed by atoms with E-state index in [2.05, 4.69) is 10.9 Å². The third kappa shape index (κ3) is 5.28. The lowest BCUT2D eigenvalue weighted by Crippen LogP contribution is -2.43. The van der Waals surface area contributed by atoms with Crippen molar-refractivity contribution in [1.82, 2.24) is 10.9 Å². The number of ether oxygens (including phenoxy) is 3. The van der Waals surface area contributed by atoms with Gasteiger partial charge < -0.3 is 19.3 Å². The quantitative estimate of drug-likeness (QED) is 0.404. The third-order valence-corrected chi connectivity index (χ3v) is 5.91. The van der Waals surface area contributed by atoms with Gasteiger partial charge in [-0.25, -0.2) is 15.2 Å². The highest BCUT2D eigenvalue weighted by atomic mass is 19.4. The van der Waals surface area contributed by atoms with E-state index in [1.165, 1.54) is 44.6 Å². The first-order chi connectivity index (χ1) is 16.7. The summed E-state index contributed by atoms with van der Waals surface area (Å²) in [4.78, 5) is 0. The van der Waals surface area contributed by atoms with Gasteiger partial charge in [0.25, 0.3) is 0 Å². The van der Waals surface area contributed by atoms with Gasteiger partial charge in [0.05, 0.1) is 20.3 Å². The summed E-state index contributed by atoms with van der Waals surface area (Å²) in [7, 11) is 2.84. The zero-order chi connectivity index (χ0) is 25.2. The molecule has 1 heterocycles. The SMILES string of the molecule is COc1ccc(C2C(c3ccc(OCc4ccc(F)cc4)cc3O)NNC2C(F)(F)F)cc1OC. The van der Waals surface area contributed by atoms with Gasteiger partial charge in [-0.15, -0.1) is 0 Å². The van der Waals surface area contributed by atoms with E-state index in [1.807, 2.05) is 0 Å². The van der Waals surface area contributed by atoms with E-state index in [9.17, 15) is 22.7 Å². The standard InChI is InChI=1S/C25H24F4N2O4/c1-33-20-10-5-15(11-21(20)34-2)22-23(30-31-24(22)25(27,28)29)18-9-8-17(12-19(18)32)35-13-14-3-6-16(26)7-4-14/h3-12,22-24,30-32H,13H2,1-2H3. The van der Waals surface area contributed by atoms with Crippen molar-refractivity contribution in [2.75, 3.05) is 14.2 Å². The van der Waals surface area contributed by atoms with Crippen LogP contribution in [-0.4, -0.2) is 31.5 Å². The molecule has 1 aliphatic heterocycles. The molecule has 35 heavy (non-hydrogen) atoms. The number of alkyl halides is 3. The van der Waals surface area contributed by atoms with Crippen LogP contribution in [0, 0.1) is 5.82 Å². The van der Waals surface area contributed by atoms with Gasteiger partial charge in [0.1, 0.15) is 30.0 Å². The predicted octanol–water partition coefficient (Wildman–Crippen LogP) is 4.99. The molecule has 1 saturated heterocycles. The van der Waals surface area contributed by atoms with Gasteiger partial charge in [0.15, 0.2) is 11.5 Å². The lowest BCUT2D eigenvalue weighted by atomic mass is 9.83. The highest BCUT2D eigenvalue weighted by Crippen LogP contribution is 2.47. The maximum Gasteiger partial charge on any atom is 0.405 e. The summed E-state index contributed by atoms with van der Waals surface area (Å²) in [5.74, 6) is -0.710. The highest BCUT2D eigenvalue weighted by molar-refractivity contribution is 5.48. The Morgan fingerprint density at radius 3 is 2.23 bits per heavy atom. The van der Waals surface area contributed by atoms with Gasteiger partial charge in [-0.05, 0) is 41.5 Å². The van der Waals surface area contributed by atoms with Crippen LogP contribution in [0.1, 0.15) is 28.7 Å². The molecule has 4 rings (SSSR count). The molecule has 0 amide bonds. The molecule has 186 valence electrons. The zero-order valence-electron chi connectivity index (χ0n) is 18.9. The maximum atomic E-state index is 13.9. The summed E-state index contributed by atoms with van der Waals surface area (Å²) in [6, 6.07) is 11.9. The second kappa shape index (κ2) is 10.0. The Labute approximate surface area is 199 Å². The zero-order valence-corrected chi connectivity index (χ0v) is 18.9. The predicted molar refractivity (Wildman–Crippen MR) is 120 cm³/mol. The molecule has 0 saturated carbocycles. The molecular formula is C25H24F4N2O4. The van der Waals surface area contributed by atoms with Gasteiger partial charge in [-0.2, -0.15) is 13.2 Å². The highest BCUT2D eigenvalue weighted by Gasteiger charge is 2.52. The van der Waals surface area contributed by atoms with Crippen molar-refractivity contribution in [2.24, 2.45) is 0 Å². The van der Waals surface area contributed by atoms with Gasteiger partial charge in [0, 0.05) is 17.5 Å². The molecule has 0 aliphatic carbocycles. The monoisotopic (exact) mass is 492 g/mol. The fraction of sp³-hybridized carbons (Fsp3) is 0.280. The van der Waals surface area contributed by atoms with Crippen molar-refractivity contribution < 1.29 is 36.9 Å². The Balaban J connectivity index is 1.62. The van der Waals surface area contributed by atoms with Crippen molar-refractivity contribution in [1.29, 1.82) is 0 Å². The summed E-state index contributed by atoms with van der Waals surface area (Å²) in [6.07, 6.45) is -4.56. The average Bonchev–Trinajstić information content (AvgIpc) is 3.29. The van der Waals surface area contributed by atoms with Crippen LogP contribution in [0.4, 0.5) is 17.6 Å². The van der Waals surface area contributed by atoms with Gasteiger partial charge in [0.2, 0.25) is 0 Å². The molecular weight excluding hydrogens is 468 g/mol. The first-order valence-corrected chi connectivity index (χ1v) is 10.7. The number of benzene rings is 3. The van der Waals surface area contributed by atoms with Crippen molar-refractivity contribution in [3.63, 3.8) is 0 Å². The summed E-state index contributed by atoms with van der Waals surface area (Å²) >= 11 is 0. The number of halogens is 4. The fourth-order valence-electron chi connectivity index (χ4n) is 4.18. The number of rotatable bonds is 7. The minimum atomic E-state index is -4.56. The van der Waals surface area contributed by atoms with Gasteiger partial charge in [-0.1, -0.05) is 24.3 Å². The van der Waals surface area contributed by atoms with Crippen molar-refractivity contribution in [3.05, 3.63) is 83.2 Å². The van der Waals surface area contributed by atoms with E-state index < -0.39 is 24.2 Å². The van der Waals surface area contributed by atoms with E-state index in [1.54, 1.807) is 30.3 Å². The Hall–Kier alpha value is -3.50. The molecule has 0 spiro atoms. The second-order valence-electron chi connectivity index (χ2n) is 8.06. The fourth-order valence-corrected chi connectivity index (χ4v) is 4.18. The Bertz CT molecular complexity index is 1170. The lowest BCUT2D eigenvalue weighted by molar-refractivity contribution is -0.156. The molecule has 1 aliphatic rings. The number of hydrazine groups is 1. The molecule has 3 N–H and O–H groups in total. The van der Waals surface area contributed by atoms with Crippen LogP contribution in [0.3, 0.4) is 0 Å². The minimum Gasteiger partial charge on any atom is -0.507 e. The molecule has 0 bridgehead atoms. The molecule has 3 atom stereocenters.